The van der Waals surface area contributed by atoms with Gasteiger partial charge in [0.25, 0.3) is 0 Å². The Morgan fingerprint density at radius 1 is 1.47 bits per heavy atom. The lowest BCUT2D eigenvalue weighted by Crippen LogP contribution is -2.30. The van der Waals surface area contributed by atoms with E-state index in [-0.39, 0.29) is 0 Å². The number of nitrogens with zero attached hydrogens (tertiary/aromatic N) is 1. The van der Waals surface area contributed by atoms with Crippen molar-refractivity contribution in [2.75, 3.05) is 5.32 Å². The van der Waals surface area contributed by atoms with Crippen molar-refractivity contribution in [3.05, 3.63) is 10.6 Å². The lowest BCUT2D eigenvalue weighted by Gasteiger charge is -2.27. The molecule has 4 nitrogen and oxygen atoms in total. The van der Waals surface area contributed by atoms with Crippen molar-refractivity contribution in [3.63, 3.8) is 0 Å². The van der Waals surface area contributed by atoms with Crippen LogP contribution in [0.1, 0.15) is 56.0 Å². The van der Waals surface area contributed by atoms with E-state index in [9.17, 15) is 9.90 Å². The molecule has 0 aliphatic heterocycles. The molecular weight excluding hydrogens is 260 g/mol. The number of carboxylic acids is 1. The van der Waals surface area contributed by atoms with Gasteiger partial charge >= 0.3 is 5.97 Å². The zero-order valence-electron chi connectivity index (χ0n) is 11.4. The molecule has 0 saturated heterocycles. The fourth-order valence-electron chi connectivity index (χ4n) is 3.27. The molecule has 0 bridgehead atoms. The van der Waals surface area contributed by atoms with Crippen molar-refractivity contribution in [1.29, 1.82) is 0 Å². The second-order valence-corrected chi connectivity index (χ2v) is 7.42. The quantitative estimate of drug-likeness (QED) is 0.892. The Hall–Kier alpha value is -1.10. The number of hydrogen-bond acceptors (Lipinski definition) is 4. The minimum absolute atomic E-state index is 0.308. The number of fused-ring (bicyclic) bond motifs is 1. The van der Waals surface area contributed by atoms with E-state index < -0.39 is 11.9 Å². The first-order chi connectivity index (χ1) is 8.97. The minimum Gasteiger partial charge on any atom is -0.481 e. The first kappa shape index (κ1) is 12.9. The fourth-order valence-corrected chi connectivity index (χ4v) is 4.36. The van der Waals surface area contributed by atoms with E-state index in [0.29, 0.717) is 17.9 Å². The molecule has 1 heterocycles. The van der Waals surface area contributed by atoms with Crippen LogP contribution in [0, 0.1) is 5.41 Å². The van der Waals surface area contributed by atoms with Crippen LogP contribution in [-0.4, -0.2) is 22.1 Å². The van der Waals surface area contributed by atoms with Gasteiger partial charge in [0.1, 0.15) is 5.92 Å². The third kappa shape index (κ3) is 2.24. The molecule has 5 heteroatoms. The van der Waals surface area contributed by atoms with E-state index in [0.717, 1.165) is 22.1 Å². The zero-order valence-corrected chi connectivity index (χ0v) is 12.2. The molecule has 0 spiro atoms. The third-order valence-corrected chi connectivity index (χ3v) is 5.63. The summed E-state index contributed by atoms with van der Waals surface area (Å²) in [6, 6.07) is 0.460. The van der Waals surface area contributed by atoms with Gasteiger partial charge in [-0.15, -0.1) is 11.3 Å². The summed E-state index contributed by atoms with van der Waals surface area (Å²) in [4.78, 5) is 16.9. The van der Waals surface area contributed by atoms with Crippen LogP contribution in [-0.2, 0) is 11.2 Å². The molecule has 2 aliphatic rings. The van der Waals surface area contributed by atoms with Gasteiger partial charge in [0, 0.05) is 10.9 Å². The number of nitrogens with one attached hydrogen (secondary N) is 1. The van der Waals surface area contributed by atoms with Crippen molar-refractivity contribution < 1.29 is 9.90 Å². The maximum absolute atomic E-state index is 11.2. The average molecular weight is 280 g/mol. The number of rotatable bonds is 3. The van der Waals surface area contributed by atoms with Crippen molar-refractivity contribution in [2.45, 2.75) is 57.9 Å². The molecule has 19 heavy (non-hydrogen) atoms. The van der Waals surface area contributed by atoms with Gasteiger partial charge in [0.2, 0.25) is 0 Å². The molecule has 2 unspecified atom stereocenters. The van der Waals surface area contributed by atoms with Crippen LogP contribution < -0.4 is 5.32 Å². The smallest absolute Gasteiger partial charge is 0.312 e. The number of carbonyl (C=O) groups is 1. The third-order valence-electron chi connectivity index (χ3n) is 4.57. The summed E-state index contributed by atoms with van der Waals surface area (Å²) in [5.74, 6) is -1.13. The van der Waals surface area contributed by atoms with Crippen molar-refractivity contribution in [2.24, 2.45) is 5.41 Å². The molecule has 104 valence electrons. The number of aromatic nitrogens is 1. The summed E-state index contributed by atoms with van der Waals surface area (Å²) in [6.45, 7) is 4.58. The van der Waals surface area contributed by atoms with Crippen LogP contribution in [0.25, 0.3) is 0 Å². The Balaban J connectivity index is 1.78. The van der Waals surface area contributed by atoms with Gasteiger partial charge in [-0.2, -0.15) is 0 Å². The topological polar surface area (TPSA) is 62.2 Å². The summed E-state index contributed by atoms with van der Waals surface area (Å²) in [7, 11) is 0. The van der Waals surface area contributed by atoms with Crippen LogP contribution in [0.5, 0.6) is 0 Å². The highest BCUT2D eigenvalue weighted by Gasteiger charge is 2.36. The molecule has 1 aromatic rings. The second-order valence-electron chi connectivity index (χ2n) is 6.33. The maximum atomic E-state index is 11.2. The SMILES string of the molecule is CC1(C)CCCC1Nc1nc2c(s1)CCC2C(=O)O. The molecule has 2 N–H and O–H groups in total. The Bertz CT molecular complexity index is 510. The van der Waals surface area contributed by atoms with E-state index in [4.69, 9.17) is 0 Å². The van der Waals surface area contributed by atoms with Gasteiger partial charge in [-0.05, 0) is 31.1 Å². The number of carboxylic acid groups (broad SMARTS) is 1. The van der Waals surface area contributed by atoms with E-state index in [1.165, 1.54) is 19.3 Å². The molecule has 1 aromatic heterocycles. The second kappa shape index (κ2) is 4.47. The molecule has 0 amide bonds. The summed E-state index contributed by atoms with van der Waals surface area (Å²) < 4.78 is 0. The van der Waals surface area contributed by atoms with Gasteiger partial charge in [0.05, 0.1) is 5.69 Å². The standard InChI is InChI=1S/C14H20N2O2S/c1-14(2)7-3-4-10(14)15-13-16-11-8(12(17)18)5-6-9(11)19-13/h8,10H,3-7H2,1-2H3,(H,15,16)(H,17,18). The maximum Gasteiger partial charge on any atom is 0.312 e. The van der Waals surface area contributed by atoms with E-state index >= 15 is 0 Å². The molecule has 0 aromatic carbocycles. The van der Waals surface area contributed by atoms with Crippen LogP contribution in [0.3, 0.4) is 0 Å². The van der Waals surface area contributed by atoms with Crippen LogP contribution in [0.15, 0.2) is 0 Å². The monoisotopic (exact) mass is 280 g/mol. The number of aliphatic carboxylic acids is 1. The summed E-state index contributed by atoms with van der Waals surface area (Å²) in [5.41, 5.74) is 1.11. The number of aryl methyl sites for hydroxylation is 1. The largest absolute Gasteiger partial charge is 0.481 e. The highest BCUT2D eigenvalue weighted by atomic mass is 32.1. The molecule has 2 aliphatic carbocycles. The summed E-state index contributed by atoms with van der Waals surface area (Å²) in [5, 5.41) is 13.6. The minimum atomic E-state index is -0.739. The summed E-state index contributed by atoms with van der Waals surface area (Å²) >= 11 is 1.65. The van der Waals surface area contributed by atoms with Crippen LogP contribution in [0.2, 0.25) is 0 Å². The Morgan fingerprint density at radius 3 is 2.89 bits per heavy atom. The van der Waals surface area contributed by atoms with Gasteiger partial charge in [-0.1, -0.05) is 20.3 Å². The summed E-state index contributed by atoms with van der Waals surface area (Å²) in [6.07, 6.45) is 5.25. The van der Waals surface area contributed by atoms with Gasteiger partial charge in [0.15, 0.2) is 5.13 Å². The predicted molar refractivity (Wildman–Crippen MR) is 75.9 cm³/mol. The highest BCUT2D eigenvalue weighted by Crippen LogP contribution is 2.42. The highest BCUT2D eigenvalue weighted by molar-refractivity contribution is 7.15. The van der Waals surface area contributed by atoms with Crippen molar-refractivity contribution in [1.82, 2.24) is 4.98 Å². The lowest BCUT2D eigenvalue weighted by atomic mass is 9.87. The van der Waals surface area contributed by atoms with Gasteiger partial charge in [-0.25, -0.2) is 4.98 Å². The predicted octanol–water partition coefficient (Wildman–Crippen LogP) is 3.25. The number of anilines is 1. The van der Waals surface area contributed by atoms with Crippen LogP contribution in [0.4, 0.5) is 5.13 Å². The normalized spacial score (nSPS) is 28.3. The first-order valence-electron chi connectivity index (χ1n) is 6.96. The van der Waals surface area contributed by atoms with Gasteiger partial charge < -0.3 is 10.4 Å². The van der Waals surface area contributed by atoms with E-state index in [1.807, 2.05) is 0 Å². The zero-order chi connectivity index (χ0) is 13.6. The van der Waals surface area contributed by atoms with Gasteiger partial charge in [-0.3, -0.25) is 4.79 Å². The Labute approximate surface area is 117 Å². The van der Waals surface area contributed by atoms with Crippen molar-refractivity contribution >= 4 is 22.4 Å². The van der Waals surface area contributed by atoms with E-state index in [2.05, 4.69) is 24.1 Å². The number of hydrogen-bond donors (Lipinski definition) is 2. The molecule has 3 rings (SSSR count). The lowest BCUT2D eigenvalue weighted by molar-refractivity contribution is -0.138. The molecule has 2 atom stereocenters. The molecule has 0 radical (unpaired) electrons. The molecule has 1 fully saturated rings. The first-order valence-corrected chi connectivity index (χ1v) is 7.78. The fraction of sp³-hybridized carbons (Fsp3) is 0.714. The molecule has 1 saturated carbocycles. The average Bonchev–Trinajstić information content (AvgIpc) is 2.93. The number of thiazole rings is 1. The Morgan fingerprint density at radius 2 is 2.26 bits per heavy atom. The van der Waals surface area contributed by atoms with Crippen molar-refractivity contribution in [3.8, 4) is 0 Å². The Kier molecular flexibility index (Phi) is 3.04. The van der Waals surface area contributed by atoms with E-state index in [1.54, 1.807) is 11.3 Å². The molecular formula is C14H20N2O2S. The van der Waals surface area contributed by atoms with Crippen LogP contribution >= 0.6 is 11.3 Å².